The Labute approximate surface area is 119 Å². The predicted molar refractivity (Wildman–Crippen MR) is 70.1 cm³/mol. The Hall–Kier alpha value is -1.61. The van der Waals surface area contributed by atoms with Gasteiger partial charge in [-0.2, -0.15) is 18.3 Å². The van der Waals surface area contributed by atoms with Crippen LogP contribution in [0.3, 0.4) is 0 Å². The van der Waals surface area contributed by atoms with Crippen molar-refractivity contribution in [2.75, 3.05) is 37.7 Å². The number of halogens is 3. The molecule has 1 aromatic rings. The second-order valence-electron chi connectivity index (χ2n) is 4.81. The summed E-state index contributed by atoms with van der Waals surface area (Å²) in [5.41, 5.74) is 5.14. The van der Waals surface area contributed by atoms with Crippen LogP contribution >= 0.6 is 0 Å². The van der Waals surface area contributed by atoms with Gasteiger partial charge < -0.3 is 15.4 Å². The summed E-state index contributed by atoms with van der Waals surface area (Å²) in [4.78, 5) is 13.8. The molecule has 0 aliphatic carbocycles. The number of morpholine rings is 1. The van der Waals surface area contributed by atoms with Gasteiger partial charge in [0, 0.05) is 25.7 Å². The smallest absolute Gasteiger partial charge is 0.378 e. The molecule has 1 unspecified atom stereocenters. The van der Waals surface area contributed by atoms with Gasteiger partial charge in [0.05, 0.1) is 37.6 Å². The van der Waals surface area contributed by atoms with E-state index in [1.165, 1.54) is 12.3 Å². The van der Waals surface area contributed by atoms with E-state index in [9.17, 15) is 18.0 Å². The lowest BCUT2D eigenvalue weighted by molar-refractivity contribution is -0.175. The molecule has 2 heterocycles. The minimum atomic E-state index is -4.45. The van der Waals surface area contributed by atoms with Gasteiger partial charge in [0.2, 0.25) is 0 Å². The molecular formula is C12H17F3N4O2. The Balaban J connectivity index is 2.13. The van der Waals surface area contributed by atoms with Gasteiger partial charge in [-0.15, -0.1) is 0 Å². The first-order chi connectivity index (χ1) is 9.91. The summed E-state index contributed by atoms with van der Waals surface area (Å²) in [7, 11) is 0. The summed E-state index contributed by atoms with van der Waals surface area (Å²) in [5, 5.41) is 3.82. The number of ether oxygens (including phenoxy) is 1. The third-order valence-corrected chi connectivity index (χ3v) is 3.37. The zero-order valence-electron chi connectivity index (χ0n) is 11.3. The maximum Gasteiger partial charge on any atom is 0.394 e. The van der Waals surface area contributed by atoms with Crippen LogP contribution in [0.1, 0.15) is 0 Å². The number of rotatable bonds is 4. The fourth-order valence-electron chi connectivity index (χ4n) is 2.08. The van der Waals surface area contributed by atoms with Crippen molar-refractivity contribution in [3.8, 4) is 0 Å². The second-order valence-corrected chi connectivity index (χ2v) is 4.81. The molecular weight excluding hydrogens is 289 g/mol. The second kappa shape index (κ2) is 6.44. The number of hydrogen-bond donors (Lipinski definition) is 1. The number of aromatic nitrogens is 2. The van der Waals surface area contributed by atoms with E-state index in [0.717, 1.165) is 4.68 Å². The summed E-state index contributed by atoms with van der Waals surface area (Å²) in [5.74, 6) is -1.78. The SMILES string of the molecule is NCC(Cn1ncc(N2CCOCC2)cc1=O)C(F)(F)F. The average Bonchev–Trinajstić information content (AvgIpc) is 2.45. The highest BCUT2D eigenvalue weighted by atomic mass is 19.4. The highest BCUT2D eigenvalue weighted by Crippen LogP contribution is 2.26. The van der Waals surface area contributed by atoms with Gasteiger partial charge >= 0.3 is 6.18 Å². The molecule has 1 atom stereocenters. The standard InChI is InChI=1S/C12H17F3N4O2/c13-12(14,15)9(6-16)8-19-11(20)5-10(7-17-19)18-1-3-21-4-2-18/h5,7,9H,1-4,6,8,16H2. The fourth-order valence-corrected chi connectivity index (χ4v) is 2.08. The number of anilines is 1. The zero-order valence-corrected chi connectivity index (χ0v) is 11.3. The van der Waals surface area contributed by atoms with E-state index in [1.807, 2.05) is 4.90 Å². The molecule has 1 aliphatic heterocycles. The average molecular weight is 306 g/mol. The lowest BCUT2D eigenvalue weighted by atomic mass is 10.1. The van der Waals surface area contributed by atoms with Gasteiger partial charge in [0.25, 0.3) is 5.56 Å². The molecule has 0 aromatic carbocycles. The monoisotopic (exact) mass is 306 g/mol. The molecule has 0 radical (unpaired) electrons. The molecule has 0 saturated carbocycles. The molecule has 1 aromatic heterocycles. The number of alkyl halides is 3. The minimum Gasteiger partial charge on any atom is -0.378 e. The molecule has 1 saturated heterocycles. The topological polar surface area (TPSA) is 73.4 Å². The van der Waals surface area contributed by atoms with E-state index in [2.05, 4.69) is 5.10 Å². The fraction of sp³-hybridized carbons (Fsp3) is 0.667. The van der Waals surface area contributed by atoms with Gasteiger partial charge in [0.15, 0.2) is 0 Å². The van der Waals surface area contributed by atoms with Gasteiger partial charge in [-0.25, -0.2) is 4.68 Å². The van der Waals surface area contributed by atoms with Crippen LogP contribution in [-0.4, -0.2) is 48.8 Å². The van der Waals surface area contributed by atoms with Crippen LogP contribution in [-0.2, 0) is 11.3 Å². The van der Waals surface area contributed by atoms with Crippen molar-refractivity contribution in [2.45, 2.75) is 12.7 Å². The van der Waals surface area contributed by atoms with Crippen LogP contribution in [0.4, 0.5) is 18.9 Å². The van der Waals surface area contributed by atoms with Crippen LogP contribution in [0.15, 0.2) is 17.1 Å². The van der Waals surface area contributed by atoms with Crippen LogP contribution in [0, 0.1) is 5.92 Å². The molecule has 0 amide bonds. The molecule has 2 N–H and O–H groups in total. The van der Waals surface area contributed by atoms with Crippen LogP contribution in [0.25, 0.3) is 0 Å². The molecule has 118 valence electrons. The van der Waals surface area contributed by atoms with E-state index >= 15 is 0 Å². The van der Waals surface area contributed by atoms with E-state index in [-0.39, 0.29) is 0 Å². The van der Waals surface area contributed by atoms with E-state index in [0.29, 0.717) is 32.0 Å². The third kappa shape index (κ3) is 3.94. The Morgan fingerprint density at radius 3 is 2.57 bits per heavy atom. The summed E-state index contributed by atoms with van der Waals surface area (Å²) in [6.45, 7) is 1.20. The van der Waals surface area contributed by atoms with Crippen molar-refractivity contribution >= 4 is 5.69 Å². The summed E-state index contributed by atoms with van der Waals surface area (Å²) in [6.07, 6.45) is -3.05. The van der Waals surface area contributed by atoms with Crippen molar-refractivity contribution in [3.05, 3.63) is 22.6 Å². The third-order valence-electron chi connectivity index (χ3n) is 3.37. The highest BCUT2D eigenvalue weighted by Gasteiger charge is 2.39. The van der Waals surface area contributed by atoms with Crippen molar-refractivity contribution in [2.24, 2.45) is 11.7 Å². The first-order valence-corrected chi connectivity index (χ1v) is 6.58. The quantitative estimate of drug-likeness (QED) is 0.861. The summed E-state index contributed by atoms with van der Waals surface area (Å²) >= 11 is 0. The summed E-state index contributed by atoms with van der Waals surface area (Å²) in [6, 6.07) is 1.29. The number of nitrogens with zero attached hydrogens (tertiary/aromatic N) is 3. The maximum atomic E-state index is 12.7. The molecule has 2 rings (SSSR count). The first-order valence-electron chi connectivity index (χ1n) is 6.58. The largest absolute Gasteiger partial charge is 0.394 e. The molecule has 1 aliphatic rings. The molecule has 1 fully saturated rings. The Kier molecular flexibility index (Phi) is 4.84. The number of hydrogen-bond acceptors (Lipinski definition) is 5. The van der Waals surface area contributed by atoms with Crippen LogP contribution in [0.5, 0.6) is 0 Å². The maximum absolute atomic E-state index is 12.7. The highest BCUT2D eigenvalue weighted by molar-refractivity contribution is 5.43. The molecule has 21 heavy (non-hydrogen) atoms. The van der Waals surface area contributed by atoms with Gasteiger partial charge in [-0.1, -0.05) is 0 Å². The van der Waals surface area contributed by atoms with Crippen molar-refractivity contribution in [1.29, 1.82) is 0 Å². The molecule has 0 bridgehead atoms. The van der Waals surface area contributed by atoms with Gasteiger partial charge in [-0.3, -0.25) is 4.79 Å². The zero-order chi connectivity index (χ0) is 15.5. The van der Waals surface area contributed by atoms with Gasteiger partial charge in [-0.05, 0) is 0 Å². The van der Waals surface area contributed by atoms with Crippen molar-refractivity contribution in [3.63, 3.8) is 0 Å². The molecule has 0 spiro atoms. The van der Waals surface area contributed by atoms with Crippen molar-refractivity contribution in [1.82, 2.24) is 9.78 Å². The first kappa shape index (κ1) is 15.8. The Morgan fingerprint density at radius 2 is 2.05 bits per heavy atom. The van der Waals surface area contributed by atoms with Crippen molar-refractivity contribution < 1.29 is 17.9 Å². The molecule has 6 nitrogen and oxygen atoms in total. The minimum absolute atomic E-state index is 0.548. The normalized spacial score (nSPS) is 17.8. The lowest BCUT2D eigenvalue weighted by Gasteiger charge is -2.28. The number of nitrogens with two attached hydrogens (primary N) is 1. The van der Waals surface area contributed by atoms with Crippen LogP contribution < -0.4 is 16.2 Å². The summed E-state index contributed by atoms with van der Waals surface area (Å²) < 4.78 is 44.0. The Morgan fingerprint density at radius 1 is 1.38 bits per heavy atom. The lowest BCUT2D eigenvalue weighted by Crippen LogP contribution is -2.39. The van der Waals surface area contributed by atoms with E-state index in [1.54, 1.807) is 0 Å². The predicted octanol–water partition coefficient (Wildman–Crippen LogP) is 0.217. The van der Waals surface area contributed by atoms with Crippen LogP contribution in [0.2, 0.25) is 0 Å². The van der Waals surface area contributed by atoms with E-state index < -0.39 is 30.7 Å². The molecule has 9 heteroatoms. The Bertz CT molecular complexity index is 526. The van der Waals surface area contributed by atoms with E-state index in [4.69, 9.17) is 10.5 Å². The van der Waals surface area contributed by atoms with Gasteiger partial charge in [0.1, 0.15) is 0 Å².